The zero-order valence-electron chi connectivity index (χ0n) is 14.7. The van der Waals surface area contributed by atoms with Gasteiger partial charge in [0, 0.05) is 0 Å². The van der Waals surface area contributed by atoms with Crippen LogP contribution in [0.5, 0.6) is 0 Å². The maximum Gasteiger partial charge on any atom is 0.0897 e. The summed E-state index contributed by atoms with van der Waals surface area (Å²) in [5, 5.41) is 0. The minimum absolute atomic E-state index is 0.0964. The van der Waals surface area contributed by atoms with Crippen LogP contribution in [0.3, 0.4) is 0 Å². The molecule has 0 amide bonds. The highest BCUT2D eigenvalue weighted by molar-refractivity contribution is 5.08. The van der Waals surface area contributed by atoms with Gasteiger partial charge in [0.15, 0.2) is 0 Å². The summed E-state index contributed by atoms with van der Waals surface area (Å²) < 4.78 is 13.0. The van der Waals surface area contributed by atoms with Crippen molar-refractivity contribution < 1.29 is 4.39 Å². The third kappa shape index (κ3) is 2.06. The second-order valence-electron chi connectivity index (χ2n) is 9.70. The van der Waals surface area contributed by atoms with E-state index in [0.29, 0.717) is 16.7 Å². The summed E-state index contributed by atoms with van der Waals surface area (Å²) in [5.74, 6) is 4.59. The van der Waals surface area contributed by atoms with Crippen molar-refractivity contribution >= 4 is 0 Å². The van der Waals surface area contributed by atoms with E-state index in [-0.39, 0.29) is 6.67 Å². The van der Waals surface area contributed by atoms with E-state index < -0.39 is 0 Å². The summed E-state index contributed by atoms with van der Waals surface area (Å²) in [6.07, 6.45) is 15.4. The monoisotopic (exact) mass is 306 g/mol. The Balaban J connectivity index is 1.59. The van der Waals surface area contributed by atoms with E-state index in [4.69, 9.17) is 0 Å². The molecule has 7 atom stereocenters. The number of halogens is 1. The van der Waals surface area contributed by atoms with Crippen LogP contribution < -0.4 is 0 Å². The van der Waals surface area contributed by atoms with Gasteiger partial charge in [-0.25, -0.2) is 0 Å². The highest BCUT2D eigenvalue weighted by Gasteiger charge is 2.59. The highest BCUT2D eigenvalue weighted by atomic mass is 19.1. The molecule has 0 saturated heterocycles. The van der Waals surface area contributed by atoms with Crippen molar-refractivity contribution in [3.8, 4) is 0 Å². The van der Waals surface area contributed by atoms with Crippen LogP contribution in [0.1, 0.15) is 84.5 Å². The van der Waals surface area contributed by atoms with E-state index in [2.05, 4.69) is 13.8 Å². The summed E-state index contributed by atoms with van der Waals surface area (Å²) in [4.78, 5) is 0. The van der Waals surface area contributed by atoms with Gasteiger partial charge in [0.05, 0.1) is 6.67 Å². The first-order valence-electron chi connectivity index (χ1n) is 10.2. The number of fused-ring (bicyclic) bond motifs is 5. The molecule has 0 heterocycles. The van der Waals surface area contributed by atoms with Gasteiger partial charge in [-0.2, -0.15) is 0 Å². The Morgan fingerprint density at radius 2 is 1.64 bits per heavy atom. The van der Waals surface area contributed by atoms with Gasteiger partial charge in [-0.15, -0.1) is 0 Å². The van der Waals surface area contributed by atoms with Gasteiger partial charge in [0.2, 0.25) is 0 Å². The lowest BCUT2D eigenvalue weighted by atomic mass is 9.45. The largest absolute Gasteiger partial charge is 0.251 e. The first-order chi connectivity index (χ1) is 10.6. The number of hydrogen-bond acceptors (Lipinski definition) is 0. The van der Waals surface area contributed by atoms with Gasteiger partial charge in [-0.1, -0.05) is 26.7 Å². The molecule has 0 aromatic rings. The topological polar surface area (TPSA) is 0 Å². The van der Waals surface area contributed by atoms with Gasteiger partial charge in [-0.3, -0.25) is 4.39 Å². The van der Waals surface area contributed by atoms with Crippen LogP contribution in [0.15, 0.2) is 0 Å². The molecule has 126 valence electrons. The molecule has 4 fully saturated rings. The minimum atomic E-state index is -0.0964. The lowest BCUT2D eigenvalue weighted by Gasteiger charge is -2.60. The fourth-order valence-corrected chi connectivity index (χ4v) is 8.01. The van der Waals surface area contributed by atoms with Crippen molar-refractivity contribution in [2.75, 3.05) is 6.67 Å². The Morgan fingerprint density at radius 1 is 0.818 bits per heavy atom. The van der Waals surface area contributed by atoms with Crippen LogP contribution in [0.4, 0.5) is 4.39 Å². The van der Waals surface area contributed by atoms with Crippen LogP contribution >= 0.6 is 0 Å². The predicted molar refractivity (Wildman–Crippen MR) is 90.4 cm³/mol. The first kappa shape index (κ1) is 15.5. The molecule has 0 radical (unpaired) electrons. The minimum Gasteiger partial charge on any atom is -0.251 e. The Morgan fingerprint density at radius 3 is 2.45 bits per heavy atom. The Kier molecular flexibility index (Phi) is 3.85. The van der Waals surface area contributed by atoms with Gasteiger partial charge in [0.25, 0.3) is 0 Å². The summed E-state index contributed by atoms with van der Waals surface area (Å²) in [6.45, 7) is 5.10. The first-order valence-corrected chi connectivity index (χ1v) is 10.2. The molecule has 4 aliphatic carbocycles. The highest BCUT2D eigenvalue weighted by Crippen LogP contribution is 2.67. The van der Waals surface area contributed by atoms with Crippen molar-refractivity contribution in [1.82, 2.24) is 0 Å². The number of hydrogen-bond donors (Lipinski definition) is 0. The van der Waals surface area contributed by atoms with Crippen molar-refractivity contribution in [2.45, 2.75) is 84.5 Å². The Hall–Kier alpha value is -0.0700. The molecule has 4 saturated carbocycles. The molecule has 22 heavy (non-hydrogen) atoms. The smallest absolute Gasteiger partial charge is 0.0897 e. The molecule has 0 aliphatic heterocycles. The Bertz CT molecular complexity index is 418. The fraction of sp³-hybridized carbons (Fsp3) is 1.00. The lowest BCUT2D eigenvalue weighted by molar-refractivity contribution is -0.111. The van der Waals surface area contributed by atoms with Crippen LogP contribution in [-0.2, 0) is 0 Å². The van der Waals surface area contributed by atoms with Gasteiger partial charge < -0.3 is 0 Å². The van der Waals surface area contributed by atoms with Crippen molar-refractivity contribution in [3.63, 3.8) is 0 Å². The molecular formula is C21H35F. The number of alkyl halides is 1. The summed E-state index contributed by atoms with van der Waals surface area (Å²) in [7, 11) is 0. The van der Waals surface area contributed by atoms with E-state index in [1.165, 1.54) is 64.2 Å². The van der Waals surface area contributed by atoms with Crippen molar-refractivity contribution in [3.05, 3.63) is 0 Å². The SMILES string of the molecule is C[C@]12CC[C@H]3[C@@H](CCC4CCCC[C@@]43C)[C@@H]1CC[C@@H]2CCF. The molecule has 0 spiro atoms. The molecule has 0 N–H and O–H groups in total. The van der Waals surface area contributed by atoms with Gasteiger partial charge in [-0.05, 0) is 98.2 Å². The van der Waals surface area contributed by atoms with Crippen LogP contribution in [0.2, 0.25) is 0 Å². The molecular weight excluding hydrogens is 271 g/mol. The van der Waals surface area contributed by atoms with E-state index in [1.54, 1.807) is 0 Å². The summed E-state index contributed by atoms with van der Waals surface area (Å²) >= 11 is 0. The van der Waals surface area contributed by atoms with E-state index >= 15 is 0 Å². The van der Waals surface area contributed by atoms with E-state index in [9.17, 15) is 4.39 Å². The van der Waals surface area contributed by atoms with E-state index in [0.717, 1.165) is 30.1 Å². The van der Waals surface area contributed by atoms with Gasteiger partial charge in [0.1, 0.15) is 0 Å². The molecule has 0 nitrogen and oxygen atoms in total. The average molecular weight is 307 g/mol. The lowest BCUT2D eigenvalue weighted by Crippen LogP contribution is -2.52. The molecule has 4 rings (SSSR count). The van der Waals surface area contributed by atoms with E-state index in [1.807, 2.05) is 0 Å². The Labute approximate surface area is 136 Å². The maximum absolute atomic E-state index is 13.0. The van der Waals surface area contributed by atoms with Gasteiger partial charge >= 0.3 is 0 Å². The van der Waals surface area contributed by atoms with Crippen LogP contribution in [0, 0.1) is 40.4 Å². The summed E-state index contributed by atoms with van der Waals surface area (Å²) in [6, 6.07) is 0. The average Bonchev–Trinajstić information content (AvgIpc) is 2.84. The standard InChI is InChI=1S/C21H35F/c1-20-12-4-3-5-15(20)6-8-17-18-9-7-16(11-14-22)21(18,2)13-10-19(17)20/h15-19H,3-14H2,1-2H3/t15?,16-,17+,18+,19+,20+,21-/m1/s1. The molecule has 0 aromatic heterocycles. The zero-order valence-corrected chi connectivity index (χ0v) is 14.7. The third-order valence-electron chi connectivity index (χ3n) is 9.24. The molecule has 4 aliphatic rings. The second-order valence-corrected chi connectivity index (χ2v) is 9.70. The second kappa shape index (κ2) is 5.49. The number of rotatable bonds is 2. The molecule has 0 aromatic carbocycles. The quantitative estimate of drug-likeness (QED) is 0.554. The fourth-order valence-electron chi connectivity index (χ4n) is 8.01. The van der Waals surface area contributed by atoms with Crippen molar-refractivity contribution in [1.29, 1.82) is 0 Å². The zero-order chi connectivity index (χ0) is 15.4. The predicted octanol–water partition coefficient (Wildman–Crippen LogP) is 6.40. The maximum atomic E-state index is 13.0. The van der Waals surface area contributed by atoms with Crippen molar-refractivity contribution in [2.24, 2.45) is 40.4 Å². The normalized spacial score (nSPS) is 54.4. The molecule has 0 bridgehead atoms. The third-order valence-corrected chi connectivity index (χ3v) is 9.24. The van der Waals surface area contributed by atoms with Crippen LogP contribution in [0.25, 0.3) is 0 Å². The molecule has 1 heteroatoms. The van der Waals surface area contributed by atoms with Crippen LogP contribution in [-0.4, -0.2) is 6.67 Å². The molecule has 1 unspecified atom stereocenters. The summed E-state index contributed by atoms with van der Waals surface area (Å²) in [5.41, 5.74) is 1.13.